The van der Waals surface area contributed by atoms with Crippen molar-refractivity contribution in [3.05, 3.63) is 40.5 Å². The lowest BCUT2D eigenvalue weighted by Crippen LogP contribution is -2.51. The van der Waals surface area contributed by atoms with E-state index in [1.165, 1.54) is 7.11 Å². The van der Waals surface area contributed by atoms with E-state index in [-0.39, 0.29) is 16.6 Å². The Hall–Kier alpha value is -2.22. The van der Waals surface area contributed by atoms with Crippen molar-refractivity contribution in [3.63, 3.8) is 0 Å². The first-order valence-electron chi connectivity index (χ1n) is 7.96. The van der Waals surface area contributed by atoms with E-state index in [1.807, 2.05) is 6.92 Å². The predicted octanol–water partition coefficient (Wildman–Crippen LogP) is 4.39. The van der Waals surface area contributed by atoms with E-state index in [0.717, 1.165) is 30.2 Å². The van der Waals surface area contributed by atoms with Gasteiger partial charge in [0.05, 0.1) is 23.4 Å². The average molecular weight is 388 g/mol. The number of hydrogen-bond acceptors (Lipinski definition) is 3. The number of amides is 1. The number of aromatic nitrogens is 2. The third-order valence-electron chi connectivity index (χ3n) is 4.63. The molecule has 3 rings (SSSR count). The van der Waals surface area contributed by atoms with Gasteiger partial charge in [-0.15, -0.1) is 5.10 Å². The molecule has 1 fully saturated rings. The van der Waals surface area contributed by atoms with E-state index in [4.69, 9.17) is 16.3 Å². The number of alkyl halides is 3. The van der Waals surface area contributed by atoms with Gasteiger partial charge in [0.15, 0.2) is 0 Å². The fraction of sp³-hybridized carbons (Fsp3) is 0.412. The van der Waals surface area contributed by atoms with E-state index >= 15 is 0 Å². The van der Waals surface area contributed by atoms with Crippen LogP contribution in [0.2, 0.25) is 5.02 Å². The Morgan fingerprint density at radius 2 is 2.08 bits per heavy atom. The third kappa shape index (κ3) is 3.13. The molecule has 5 nitrogen and oxygen atoms in total. The Kier molecular flexibility index (Phi) is 4.64. The van der Waals surface area contributed by atoms with Gasteiger partial charge in [-0.2, -0.15) is 13.2 Å². The first kappa shape index (κ1) is 18.6. The first-order chi connectivity index (χ1) is 12.2. The smallest absolute Gasteiger partial charge is 0.416 e. The Labute approximate surface area is 153 Å². The zero-order chi connectivity index (χ0) is 19.1. The second-order valence-electron chi connectivity index (χ2n) is 6.30. The van der Waals surface area contributed by atoms with Gasteiger partial charge in [-0.25, -0.2) is 0 Å². The van der Waals surface area contributed by atoms with Crippen LogP contribution in [-0.2, 0) is 16.5 Å². The topological polar surface area (TPSA) is 56.2 Å². The molecule has 1 aromatic carbocycles. The van der Waals surface area contributed by atoms with Gasteiger partial charge in [-0.1, -0.05) is 11.6 Å². The van der Waals surface area contributed by atoms with Gasteiger partial charge < -0.3 is 10.1 Å². The minimum Gasteiger partial charge on any atom is -0.480 e. The van der Waals surface area contributed by atoms with Crippen LogP contribution in [0.25, 0.3) is 0 Å². The Bertz CT molecular complexity index is 844. The quantitative estimate of drug-likeness (QED) is 0.846. The number of rotatable bonds is 4. The number of methoxy groups -OCH3 is 1. The summed E-state index contributed by atoms with van der Waals surface area (Å²) in [5.74, 6) is 0.0622. The molecule has 0 saturated heterocycles. The molecule has 0 unspecified atom stereocenters. The number of nitrogens with zero attached hydrogens (tertiary/aromatic N) is 2. The monoisotopic (exact) mass is 387 g/mol. The van der Waals surface area contributed by atoms with E-state index < -0.39 is 17.3 Å². The fourth-order valence-electron chi connectivity index (χ4n) is 2.97. The molecule has 0 bridgehead atoms. The molecular formula is C17H17ClF3N3O2. The third-order valence-corrected chi connectivity index (χ3v) is 4.94. The van der Waals surface area contributed by atoms with E-state index in [0.29, 0.717) is 18.7 Å². The van der Waals surface area contributed by atoms with Crippen LogP contribution < -0.4 is 10.1 Å². The van der Waals surface area contributed by atoms with E-state index in [1.54, 1.807) is 10.9 Å². The van der Waals surface area contributed by atoms with Gasteiger partial charge in [-0.3, -0.25) is 9.48 Å². The fourth-order valence-corrected chi connectivity index (χ4v) is 3.20. The standard InChI is InChI=1S/C17H17ClF3N3O2/c1-10-9-24(23-14(10)26-2)16(6-3-7-16)15(25)22-13-5-4-11(8-12(13)18)17(19,20)21/h4-5,8-9H,3,6-7H2,1-2H3,(H,22,25). The average Bonchev–Trinajstić information content (AvgIpc) is 2.88. The number of carbonyl (C=O) groups is 1. The predicted molar refractivity (Wildman–Crippen MR) is 90.4 cm³/mol. The van der Waals surface area contributed by atoms with Gasteiger partial charge >= 0.3 is 6.18 Å². The number of anilines is 1. The zero-order valence-corrected chi connectivity index (χ0v) is 14.9. The number of hydrogen-bond donors (Lipinski definition) is 1. The number of aryl methyl sites for hydroxylation is 1. The highest BCUT2D eigenvalue weighted by Gasteiger charge is 2.47. The van der Waals surface area contributed by atoms with Gasteiger partial charge in [0.2, 0.25) is 5.88 Å². The molecule has 1 aromatic heterocycles. The van der Waals surface area contributed by atoms with Gasteiger partial charge in [0.25, 0.3) is 5.91 Å². The van der Waals surface area contributed by atoms with Gasteiger partial charge in [0.1, 0.15) is 5.54 Å². The zero-order valence-electron chi connectivity index (χ0n) is 14.2. The summed E-state index contributed by atoms with van der Waals surface area (Å²) >= 11 is 5.93. The molecule has 1 amide bonds. The number of halogens is 4. The van der Waals surface area contributed by atoms with Crippen LogP contribution in [-0.4, -0.2) is 22.8 Å². The summed E-state index contributed by atoms with van der Waals surface area (Å²) in [7, 11) is 1.50. The van der Waals surface area contributed by atoms with Crippen molar-refractivity contribution >= 4 is 23.2 Å². The van der Waals surface area contributed by atoms with Gasteiger partial charge in [0, 0.05) is 11.8 Å². The summed E-state index contributed by atoms with van der Waals surface area (Å²) in [6.45, 7) is 1.82. The van der Waals surface area contributed by atoms with Crippen LogP contribution in [0, 0.1) is 6.92 Å². The Morgan fingerprint density at radius 3 is 2.54 bits per heavy atom. The van der Waals surface area contributed by atoms with Crippen molar-refractivity contribution in [2.75, 3.05) is 12.4 Å². The SMILES string of the molecule is COc1nn(C2(C(=O)Nc3ccc(C(F)(F)F)cc3Cl)CCC2)cc1C. The molecule has 140 valence electrons. The summed E-state index contributed by atoms with van der Waals surface area (Å²) in [6.07, 6.45) is -0.783. The van der Waals surface area contributed by atoms with Crippen molar-refractivity contribution in [2.24, 2.45) is 0 Å². The highest BCUT2D eigenvalue weighted by Crippen LogP contribution is 2.41. The molecule has 0 aliphatic heterocycles. The minimum absolute atomic E-state index is 0.131. The molecule has 1 N–H and O–H groups in total. The number of benzene rings is 1. The molecule has 0 atom stereocenters. The summed E-state index contributed by atoms with van der Waals surface area (Å²) in [5.41, 5.74) is -0.842. The molecule has 26 heavy (non-hydrogen) atoms. The number of ether oxygens (including phenoxy) is 1. The summed E-state index contributed by atoms with van der Waals surface area (Å²) < 4.78 is 44.9. The maximum absolute atomic E-state index is 12.9. The molecule has 0 radical (unpaired) electrons. The van der Waals surface area contributed by atoms with Crippen molar-refractivity contribution in [3.8, 4) is 5.88 Å². The minimum atomic E-state index is -4.50. The lowest BCUT2D eigenvalue weighted by atomic mass is 9.76. The lowest BCUT2D eigenvalue weighted by Gasteiger charge is -2.40. The summed E-state index contributed by atoms with van der Waals surface area (Å²) in [5, 5.41) is 6.77. The summed E-state index contributed by atoms with van der Waals surface area (Å²) in [6, 6.07) is 2.84. The molecule has 1 saturated carbocycles. The van der Waals surface area contributed by atoms with Crippen LogP contribution in [0.1, 0.15) is 30.4 Å². The van der Waals surface area contributed by atoms with Crippen molar-refractivity contribution in [2.45, 2.75) is 37.9 Å². The van der Waals surface area contributed by atoms with Crippen LogP contribution in [0.5, 0.6) is 5.88 Å². The van der Waals surface area contributed by atoms with Crippen molar-refractivity contribution < 1.29 is 22.7 Å². The Morgan fingerprint density at radius 1 is 1.38 bits per heavy atom. The molecule has 1 heterocycles. The van der Waals surface area contributed by atoms with Crippen molar-refractivity contribution in [1.29, 1.82) is 0 Å². The maximum Gasteiger partial charge on any atom is 0.416 e. The summed E-state index contributed by atoms with van der Waals surface area (Å²) in [4.78, 5) is 12.9. The first-order valence-corrected chi connectivity index (χ1v) is 8.34. The van der Waals surface area contributed by atoms with Crippen LogP contribution in [0.4, 0.5) is 18.9 Å². The molecule has 9 heteroatoms. The largest absolute Gasteiger partial charge is 0.480 e. The lowest BCUT2D eigenvalue weighted by molar-refractivity contribution is -0.137. The highest BCUT2D eigenvalue weighted by molar-refractivity contribution is 6.33. The van der Waals surface area contributed by atoms with E-state index in [9.17, 15) is 18.0 Å². The number of nitrogens with one attached hydrogen (secondary N) is 1. The Balaban J connectivity index is 1.86. The van der Waals surface area contributed by atoms with Crippen molar-refractivity contribution in [1.82, 2.24) is 9.78 Å². The van der Waals surface area contributed by atoms with Crippen LogP contribution in [0.3, 0.4) is 0 Å². The van der Waals surface area contributed by atoms with Gasteiger partial charge in [-0.05, 0) is 44.4 Å². The van der Waals surface area contributed by atoms with E-state index in [2.05, 4.69) is 10.4 Å². The molecule has 0 spiro atoms. The highest BCUT2D eigenvalue weighted by atomic mass is 35.5. The number of carbonyl (C=O) groups excluding carboxylic acids is 1. The van der Waals surface area contributed by atoms with Crippen LogP contribution >= 0.6 is 11.6 Å². The van der Waals surface area contributed by atoms with Crippen LogP contribution in [0.15, 0.2) is 24.4 Å². The second kappa shape index (κ2) is 6.50. The maximum atomic E-state index is 12.9. The molecule has 1 aliphatic rings. The molecule has 2 aromatic rings. The second-order valence-corrected chi connectivity index (χ2v) is 6.70. The molecular weight excluding hydrogens is 371 g/mol. The normalized spacial score (nSPS) is 16.1. The molecule has 1 aliphatic carbocycles.